The van der Waals surface area contributed by atoms with Crippen molar-refractivity contribution in [3.05, 3.63) is 114 Å². The van der Waals surface area contributed by atoms with Crippen LogP contribution in [-0.2, 0) is 6.54 Å². The number of para-hydroxylation sites is 2. The first-order valence-electron chi connectivity index (χ1n) is 15.5. The zero-order valence-electron chi connectivity index (χ0n) is 26.7. The Hall–Kier alpha value is -5.26. The fourth-order valence-electron chi connectivity index (χ4n) is 5.48. The van der Waals surface area contributed by atoms with E-state index in [9.17, 15) is 19.5 Å². The van der Waals surface area contributed by atoms with Crippen molar-refractivity contribution < 1.29 is 24.2 Å². The molecule has 3 aromatic carbocycles. The maximum Gasteiger partial charge on any atom is 0.258 e. The molecule has 0 radical (unpaired) electrons. The Bertz CT molecular complexity index is 1710. The van der Waals surface area contributed by atoms with Gasteiger partial charge in [-0.15, -0.1) is 0 Å². The maximum atomic E-state index is 13.8. The molecule has 1 aromatic heterocycles. The van der Waals surface area contributed by atoms with Crippen molar-refractivity contribution >= 4 is 34.8 Å². The number of aromatic nitrogens is 1. The van der Waals surface area contributed by atoms with Gasteiger partial charge in [0.25, 0.3) is 17.7 Å². The molecule has 5 rings (SSSR count). The number of nitrogens with one attached hydrogen (secondary N) is 2. The van der Waals surface area contributed by atoms with Crippen LogP contribution in [0.1, 0.15) is 50.5 Å². The zero-order valence-corrected chi connectivity index (χ0v) is 26.7. The number of fused-ring (bicyclic) bond motifs is 1. The van der Waals surface area contributed by atoms with Gasteiger partial charge < -0.3 is 31.1 Å². The van der Waals surface area contributed by atoms with E-state index in [0.717, 1.165) is 5.56 Å². The molecule has 11 heteroatoms. The number of nitrogens with two attached hydrogens (primary N) is 1. The number of aliphatic hydroxyl groups excluding tert-OH is 1. The summed E-state index contributed by atoms with van der Waals surface area (Å²) in [6.45, 7) is 5.17. The first kappa shape index (κ1) is 33.1. The normalized spacial score (nSPS) is 16.8. The van der Waals surface area contributed by atoms with E-state index in [1.54, 1.807) is 59.5 Å². The lowest BCUT2D eigenvalue weighted by Crippen LogP contribution is -2.49. The van der Waals surface area contributed by atoms with E-state index in [2.05, 4.69) is 20.5 Å². The molecule has 0 saturated carbocycles. The molecule has 0 fully saturated rings. The van der Waals surface area contributed by atoms with Crippen molar-refractivity contribution in [2.75, 3.05) is 43.1 Å². The number of benzene rings is 3. The van der Waals surface area contributed by atoms with Crippen LogP contribution in [-0.4, -0.2) is 76.5 Å². The number of amides is 3. The summed E-state index contributed by atoms with van der Waals surface area (Å²) in [6.07, 6.45) is 2.78. The Morgan fingerprint density at radius 1 is 1.02 bits per heavy atom. The second kappa shape index (κ2) is 14.9. The van der Waals surface area contributed by atoms with Crippen LogP contribution in [0.4, 0.5) is 17.1 Å². The molecule has 5 N–H and O–H groups in total. The van der Waals surface area contributed by atoms with E-state index in [1.807, 2.05) is 45.2 Å². The maximum absolute atomic E-state index is 13.8. The molecule has 244 valence electrons. The second-order valence-corrected chi connectivity index (χ2v) is 12.0. The van der Waals surface area contributed by atoms with E-state index >= 15 is 0 Å². The first-order chi connectivity index (χ1) is 22.6. The van der Waals surface area contributed by atoms with Crippen molar-refractivity contribution in [3.8, 4) is 5.75 Å². The van der Waals surface area contributed by atoms with Crippen LogP contribution >= 0.6 is 0 Å². The van der Waals surface area contributed by atoms with Gasteiger partial charge in [0, 0.05) is 54.8 Å². The first-order valence-corrected chi connectivity index (χ1v) is 15.5. The lowest BCUT2D eigenvalue weighted by molar-refractivity contribution is 0.0341. The van der Waals surface area contributed by atoms with Gasteiger partial charge in [-0.05, 0) is 74.1 Å². The molecule has 3 atom stereocenters. The van der Waals surface area contributed by atoms with Crippen molar-refractivity contribution in [1.82, 2.24) is 14.8 Å². The predicted octanol–water partition coefficient (Wildman–Crippen LogP) is 4.52. The lowest BCUT2D eigenvalue weighted by atomic mass is 9.99. The van der Waals surface area contributed by atoms with Crippen LogP contribution in [0.25, 0.3) is 0 Å². The fourth-order valence-corrected chi connectivity index (χ4v) is 5.48. The third-order valence-electron chi connectivity index (χ3n) is 8.23. The van der Waals surface area contributed by atoms with E-state index in [4.69, 9.17) is 10.5 Å². The van der Waals surface area contributed by atoms with Gasteiger partial charge in [-0.1, -0.05) is 31.2 Å². The minimum absolute atomic E-state index is 0.0638. The lowest BCUT2D eigenvalue weighted by Gasteiger charge is -2.38. The molecular weight excluding hydrogens is 596 g/mol. The van der Waals surface area contributed by atoms with Crippen LogP contribution < -0.4 is 21.1 Å². The van der Waals surface area contributed by atoms with Gasteiger partial charge in [-0.2, -0.15) is 0 Å². The summed E-state index contributed by atoms with van der Waals surface area (Å²) in [7, 11) is 1.99. The van der Waals surface area contributed by atoms with Gasteiger partial charge in [-0.3, -0.25) is 24.3 Å². The number of aliphatic hydroxyl groups is 1. The molecule has 4 aromatic rings. The number of nitrogen functional groups attached to an aromatic ring is 1. The summed E-state index contributed by atoms with van der Waals surface area (Å²) >= 11 is 0. The van der Waals surface area contributed by atoms with Gasteiger partial charge in [0.1, 0.15) is 11.9 Å². The molecular formula is C36H40N6O5. The molecule has 2 heterocycles. The number of rotatable bonds is 10. The summed E-state index contributed by atoms with van der Waals surface area (Å²) in [6, 6.07) is 22.4. The number of hydrogen-bond donors (Lipinski definition) is 4. The number of carbonyl (C=O) groups is 3. The molecule has 0 unspecified atom stereocenters. The number of nitrogens with zero attached hydrogens (tertiary/aromatic N) is 3. The van der Waals surface area contributed by atoms with E-state index in [-0.39, 0.29) is 36.4 Å². The molecule has 0 spiro atoms. The van der Waals surface area contributed by atoms with Crippen molar-refractivity contribution in [3.63, 3.8) is 0 Å². The Labute approximate surface area is 274 Å². The molecule has 0 bridgehead atoms. The molecule has 3 amide bonds. The molecule has 47 heavy (non-hydrogen) atoms. The average molecular weight is 637 g/mol. The number of pyridine rings is 1. The quantitative estimate of drug-likeness (QED) is 0.186. The highest BCUT2D eigenvalue weighted by Crippen LogP contribution is 2.31. The van der Waals surface area contributed by atoms with Gasteiger partial charge in [0.05, 0.1) is 29.6 Å². The number of likely N-dealkylation sites (N-methyl/N-ethyl adjacent to an activating group) is 1. The minimum Gasteiger partial charge on any atom is -0.488 e. The summed E-state index contributed by atoms with van der Waals surface area (Å²) in [4.78, 5) is 47.1. The van der Waals surface area contributed by atoms with Crippen molar-refractivity contribution in [2.24, 2.45) is 5.92 Å². The average Bonchev–Trinajstić information content (AvgIpc) is 3.08. The monoisotopic (exact) mass is 636 g/mol. The number of anilines is 3. The smallest absolute Gasteiger partial charge is 0.258 e. The van der Waals surface area contributed by atoms with Gasteiger partial charge >= 0.3 is 0 Å². The number of ether oxygens (including phenoxy) is 1. The standard InChI is InChI=1S/C36H40N6O5/c1-23-19-42(24(2)22-43)36(46)29-18-28(39-34(44)27-14-16-38-17-15-27)12-13-32(29)47-33(23)21-41(3)20-25-8-10-26(11-9-25)35(45)40-31-7-5-4-6-30(31)37/h4-18,23-24,33,43H,19-22,37H2,1-3H3,(H,39,44)(H,40,45)/t23-,24+,33-/m1/s1. The SMILES string of the molecule is C[C@@H]1CN([C@@H](C)CO)C(=O)c2cc(NC(=O)c3ccncc3)ccc2O[C@@H]1CN(C)Cc1ccc(C(=O)Nc2ccccc2N)cc1. The van der Waals surface area contributed by atoms with Gasteiger partial charge in [-0.25, -0.2) is 0 Å². The third kappa shape index (κ3) is 8.13. The summed E-state index contributed by atoms with van der Waals surface area (Å²) in [5.74, 6) is -0.499. The van der Waals surface area contributed by atoms with E-state index in [1.165, 1.54) is 12.4 Å². The Balaban J connectivity index is 1.30. The van der Waals surface area contributed by atoms with Crippen molar-refractivity contribution in [2.45, 2.75) is 32.5 Å². The summed E-state index contributed by atoms with van der Waals surface area (Å²) < 4.78 is 6.52. The largest absolute Gasteiger partial charge is 0.488 e. The molecule has 0 aliphatic carbocycles. The second-order valence-electron chi connectivity index (χ2n) is 12.0. The highest BCUT2D eigenvalue weighted by molar-refractivity contribution is 6.06. The van der Waals surface area contributed by atoms with Crippen LogP contribution in [0.3, 0.4) is 0 Å². The van der Waals surface area contributed by atoms with Crippen molar-refractivity contribution in [1.29, 1.82) is 0 Å². The fraction of sp³-hybridized carbons (Fsp3) is 0.278. The topological polar surface area (TPSA) is 150 Å². The van der Waals surface area contributed by atoms with Crippen LogP contribution in [0.5, 0.6) is 5.75 Å². The highest BCUT2D eigenvalue weighted by Gasteiger charge is 2.33. The molecule has 11 nitrogen and oxygen atoms in total. The number of hydrogen-bond acceptors (Lipinski definition) is 8. The Kier molecular flexibility index (Phi) is 10.5. The summed E-state index contributed by atoms with van der Waals surface area (Å²) in [5, 5.41) is 15.7. The third-order valence-corrected chi connectivity index (χ3v) is 8.23. The minimum atomic E-state index is -0.418. The van der Waals surface area contributed by atoms with E-state index in [0.29, 0.717) is 59.1 Å². The van der Waals surface area contributed by atoms with Crippen LogP contribution in [0.2, 0.25) is 0 Å². The van der Waals surface area contributed by atoms with Gasteiger partial charge in [0.15, 0.2) is 0 Å². The zero-order chi connectivity index (χ0) is 33.5. The molecule has 1 aliphatic heterocycles. The Morgan fingerprint density at radius 3 is 2.40 bits per heavy atom. The predicted molar refractivity (Wildman–Crippen MR) is 181 cm³/mol. The molecule has 1 aliphatic rings. The summed E-state index contributed by atoms with van der Waals surface area (Å²) in [5.41, 5.74) is 9.76. The highest BCUT2D eigenvalue weighted by atomic mass is 16.5. The Morgan fingerprint density at radius 2 is 1.70 bits per heavy atom. The number of carbonyl (C=O) groups excluding carboxylic acids is 3. The van der Waals surface area contributed by atoms with Crippen LogP contribution in [0, 0.1) is 5.92 Å². The van der Waals surface area contributed by atoms with Crippen LogP contribution in [0.15, 0.2) is 91.3 Å². The molecule has 0 saturated heterocycles. The van der Waals surface area contributed by atoms with Gasteiger partial charge in [0.2, 0.25) is 0 Å². The van der Waals surface area contributed by atoms with E-state index < -0.39 is 6.04 Å².